The van der Waals surface area contributed by atoms with E-state index in [2.05, 4.69) is 50.4 Å². The van der Waals surface area contributed by atoms with Crippen molar-refractivity contribution in [3.8, 4) is 12.3 Å². The Balaban J connectivity index is 0.0000116. The Bertz CT molecular complexity index is 2190. The zero-order valence-electron chi connectivity index (χ0n) is 42.2. The second kappa shape index (κ2) is 30.0. The maximum Gasteiger partial charge on any atom is 0.490 e. The molecular formula is C45H72ClF3N17O7-. The SMILES string of the molecule is C#CCOCCOCCOCCNc1nc(N2CCN(C(=O)C([C@@H](C)CC)n3cc(C(N)COC(=O)C(F)(F)F)nn3)CC2)nc(N2CCN(C(=O)[C@H](CCCCN)n3cc(C(N)[C@H](C)CC)nn3)CC2)n1.[Cl-]. The number of nitrogens with zero attached hydrogens (tertiary/aromatic N) is 13. The Morgan fingerprint density at radius 2 is 1.32 bits per heavy atom. The Hall–Kier alpha value is -5.50. The molecule has 0 saturated carbocycles. The van der Waals surface area contributed by atoms with Crippen LogP contribution in [0.5, 0.6) is 0 Å². The fraction of sp³-hybridized carbons (Fsp3) is 0.733. The van der Waals surface area contributed by atoms with Gasteiger partial charge >= 0.3 is 12.1 Å². The second-order valence-electron chi connectivity index (χ2n) is 17.8. The van der Waals surface area contributed by atoms with E-state index in [9.17, 15) is 27.6 Å². The molecule has 0 spiro atoms. The van der Waals surface area contributed by atoms with E-state index in [0.717, 1.165) is 19.3 Å². The highest BCUT2D eigenvalue weighted by atomic mass is 35.5. The van der Waals surface area contributed by atoms with Crippen LogP contribution in [0.1, 0.15) is 95.4 Å². The number of ether oxygens (including phenoxy) is 4. The zero-order valence-corrected chi connectivity index (χ0v) is 42.9. The van der Waals surface area contributed by atoms with E-state index in [4.69, 9.17) is 52.8 Å². The van der Waals surface area contributed by atoms with Crippen LogP contribution in [0.2, 0.25) is 0 Å². The molecule has 2 saturated heterocycles. The molecule has 2 fully saturated rings. The number of esters is 1. The largest absolute Gasteiger partial charge is 1.00 e. The molecule has 2 amide bonds. The number of hydrogen-bond donors (Lipinski definition) is 4. The van der Waals surface area contributed by atoms with Gasteiger partial charge in [0.1, 0.15) is 31.0 Å². The Kier molecular flexibility index (Phi) is 24.7. The summed E-state index contributed by atoms with van der Waals surface area (Å²) < 4.78 is 61.9. The third-order valence-electron chi connectivity index (χ3n) is 12.7. The highest BCUT2D eigenvalue weighted by molar-refractivity contribution is 5.81. The zero-order chi connectivity index (χ0) is 52.2. The van der Waals surface area contributed by atoms with Gasteiger partial charge in [-0.3, -0.25) is 9.59 Å². The molecule has 5 rings (SSSR count). The van der Waals surface area contributed by atoms with Crippen molar-refractivity contribution in [2.24, 2.45) is 29.0 Å². The van der Waals surface area contributed by atoms with Gasteiger partial charge in [-0.25, -0.2) is 14.2 Å². The summed E-state index contributed by atoms with van der Waals surface area (Å²) in [7, 11) is 0. The minimum absolute atomic E-state index is 0. The number of unbranched alkanes of at least 4 members (excludes halogenated alkanes) is 1. The van der Waals surface area contributed by atoms with E-state index in [1.54, 1.807) is 15.8 Å². The third-order valence-corrected chi connectivity index (χ3v) is 12.7. The molecule has 0 aliphatic carbocycles. The molecule has 3 aromatic heterocycles. The number of carbonyl (C=O) groups excluding carboxylic acids is 3. The predicted octanol–water partition coefficient (Wildman–Crippen LogP) is -1.74. The van der Waals surface area contributed by atoms with Crippen LogP contribution in [0.15, 0.2) is 12.4 Å². The van der Waals surface area contributed by atoms with Gasteiger partial charge in [0.05, 0.1) is 63.2 Å². The summed E-state index contributed by atoms with van der Waals surface area (Å²) in [6.07, 6.45) is 6.74. The highest BCUT2D eigenvalue weighted by Crippen LogP contribution is 2.28. The predicted molar refractivity (Wildman–Crippen MR) is 258 cm³/mol. The van der Waals surface area contributed by atoms with E-state index in [1.807, 2.05) is 28.5 Å². The molecule has 408 valence electrons. The van der Waals surface area contributed by atoms with Gasteiger partial charge in [-0.15, -0.1) is 16.6 Å². The van der Waals surface area contributed by atoms with Crippen molar-refractivity contribution >= 4 is 35.6 Å². The fourth-order valence-corrected chi connectivity index (χ4v) is 7.93. The number of carbonyl (C=O) groups is 3. The number of alkyl halides is 3. The second-order valence-corrected chi connectivity index (χ2v) is 17.8. The molecule has 6 atom stereocenters. The Morgan fingerprint density at radius 3 is 1.89 bits per heavy atom. The van der Waals surface area contributed by atoms with Gasteiger partial charge in [-0.2, -0.15) is 28.1 Å². The van der Waals surface area contributed by atoms with Crippen molar-refractivity contribution in [2.45, 2.75) is 90.1 Å². The number of hydrogen-bond acceptors (Lipinski definition) is 20. The third kappa shape index (κ3) is 17.6. The Morgan fingerprint density at radius 1 is 0.767 bits per heavy atom. The lowest BCUT2D eigenvalue weighted by Crippen LogP contribution is -3.00. The number of piperazine rings is 2. The quantitative estimate of drug-likeness (QED) is 0.0341. The molecule has 28 heteroatoms. The van der Waals surface area contributed by atoms with Crippen LogP contribution in [0.3, 0.4) is 0 Å². The molecule has 2 aliphatic rings. The summed E-state index contributed by atoms with van der Waals surface area (Å²) >= 11 is 0. The lowest BCUT2D eigenvalue weighted by atomic mass is 9.97. The normalized spacial score (nSPS) is 16.7. The number of halogens is 4. The molecule has 0 radical (unpaired) electrons. The molecule has 24 nitrogen and oxygen atoms in total. The molecule has 0 bridgehead atoms. The van der Waals surface area contributed by atoms with Crippen molar-refractivity contribution in [1.82, 2.24) is 54.7 Å². The molecule has 2 aliphatic heterocycles. The molecule has 0 aromatic carbocycles. The summed E-state index contributed by atoms with van der Waals surface area (Å²) in [6.45, 7) is 13.2. The van der Waals surface area contributed by atoms with Crippen LogP contribution < -0.4 is 44.7 Å². The van der Waals surface area contributed by atoms with E-state index in [1.165, 1.54) is 10.9 Å². The maximum atomic E-state index is 14.2. The van der Waals surface area contributed by atoms with E-state index < -0.39 is 36.9 Å². The molecule has 3 unspecified atom stereocenters. The average molecular weight is 1060 g/mol. The lowest BCUT2D eigenvalue weighted by molar-refractivity contribution is -0.200. The number of amides is 2. The summed E-state index contributed by atoms with van der Waals surface area (Å²) in [5, 5.41) is 20.1. The maximum absolute atomic E-state index is 14.2. The number of rotatable bonds is 29. The average Bonchev–Trinajstić information content (AvgIpc) is 4.09. The van der Waals surface area contributed by atoms with Crippen LogP contribution in [0, 0.1) is 24.2 Å². The number of nitrogens with two attached hydrogens (primary N) is 3. The van der Waals surface area contributed by atoms with Gasteiger partial charge in [0.2, 0.25) is 29.7 Å². The fourth-order valence-electron chi connectivity index (χ4n) is 7.93. The lowest BCUT2D eigenvalue weighted by Gasteiger charge is -2.38. The van der Waals surface area contributed by atoms with Crippen LogP contribution in [-0.4, -0.2) is 190 Å². The van der Waals surface area contributed by atoms with Gasteiger partial charge in [0.15, 0.2) is 0 Å². The summed E-state index contributed by atoms with van der Waals surface area (Å²) in [4.78, 5) is 61.7. The van der Waals surface area contributed by atoms with Crippen LogP contribution >= 0.6 is 0 Å². The minimum atomic E-state index is -5.17. The first-order valence-corrected chi connectivity index (χ1v) is 24.6. The van der Waals surface area contributed by atoms with Crippen molar-refractivity contribution < 1.29 is 58.9 Å². The van der Waals surface area contributed by atoms with Crippen molar-refractivity contribution in [3.05, 3.63) is 23.8 Å². The van der Waals surface area contributed by atoms with Crippen LogP contribution in [-0.2, 0) is 33.3 Å². The van der Waals surface area contributed by atoms with E-state index >= 15 is 0 Å². The van der Waals surface area contributed by atoms with Crippen molar-refractivity contribution in [2.75, 3.05) is 127 Å². The molecule has 5 heterocycles. The van der Waals surface area contributed by atoms with Gasteiger partial charge in [-0.05, 0) is 37.6 Å². The van der Waals surface area contributed by atoms with E-state index in [0.29, 0.717) is 135 Å². The number of terminal acetylenes is 1. The molecule has 73 heavy (non-hydrogen) atoms. The summed E-state index contributed by atoms with van der Waals surface area (Å²) in [5.41, 5.74) is 19.0. The summed E-state index contributed by atoms with van der Waals surface area (Å²) in [5.74, 6) is 0.848. The summed E-state index contributed by atoms with van der Waals surface area (Å²) in [6, 6.07) is -2.88. The first kappa shape index (κ1) is 60.1. The Labute approximate surface area is 430 Å². The number of nitrogens with one attached hydrogen (secondary N) is 1. The van der Waals surface area contributed by atoms with Gasteiger partial charge in [-0.1, -0.05) is 56.9 Å². The number of aromatic nitrogens is 9. The van der Waals surface area contributed by atoms with Gasteiger partial charge < -0.3 is 73.5 Å². The minimum Gasteiger partial charge on any atom is -1.00 e. The topological polar surface area (TPSA) is 291 Å². The monoisotopic (exact) mass is 1050 g/mol. The highest BCUT2D eigenvalue weighted by Gasteiger charge is 2.41. The van der Waals surface area contributed by atoms with Gasteiger partial charge in [0, 0.05) is 58.9 Å². The van der Waals surface area contributed by atoms with Gasteiger partial charge in [0.25, 0.3) is 0 Å². The molecule has 3 aromatic rings. The van der Waals surface area contributed by atoms with Crippen molar-refractivity contribution in [1.29, 1.82) is 0 Å². The van der Waals surface area contributed by atoms with Crippen LogP contribution in [0.25, 0.3) is 0 Å². The standard InChI is InChI=1S/C45H72F3N17O7.ClH/c1-6-22-69-24-26-71-27-25-70-23-13-52-42-53-43(62-18-14-60(15-19-62)39(66)36(11-9-10-12-49)64-29-35(57-58-64)37(51)31(4)7-2)55-44(54-42)63-20-16-61(17-21-63)40(67)38(32(5)8-3)65-28-34(56-59-65)33(50)30-72-41(68)45(46,47)48;/h1,28-29,31-33,36-38H,7-27,30,49-51H2,2-5H3,(H,52,53,54,55);1H/p-1/t31-,32+,33?,36+,37?,38?;/m1./s1. The van der Waals surface area contributed by atoms with Crippen molar-refractivity contribution in [3.63, 3.8) is 0 Å². The first-order valence-electron chi connectivity index (χ1n) is 24.6. The molecular weight excluding hydrogens is 983 g/mol. The number of anilines is 3. The van der Waals surface area contributed by atoms with E-state index in [-0.39, 0.29) is 54.4 Å². The molecule has 7 N–H and O–H groups in total. The first-order chi connectivity index (χ1) is 34.6. The smallest absolute Gasteiger partial charge is 0.490 e. The van der Waals surface area contributed by atoms with Crippen LogP contribution in [0.4, 0.5) is 31.0 Å².